The van der Waals surface area contributed by atoms with E-state index in [1.165, 1.54) is 4.90 Å². The van der Waals surface area contributed by atoms with Gasteiger partial charge in [0.05, 0.1) is 31.3 Å². The summed E-state index contributed by atoms with van der Waals surface area (Å²) < 4.78 is 12.0. The molecule has 0 radical (unpaired) electrons. The van der Waals surface area contributed by atoms with Crippen LogP contribution in [0.2, 0.25) is 0 Å². The smallest absolute Gasteiger partial charge is 0.312 e. The third-order valence-corrected chi connectivity index (χ3v) is 7.26. The summed E-state index contributed by atoms with van der Waals surface area (Å²) in [5, 5.41) is 10.2. The summed E-state index contributed by atoms with van der Waals surface area (Å²) in [6.07, 6.45) is 8.30. The maximum Gasteiger partial charge on any atom is 0.312 e. The summed E-state index contributed by atoms with van der Waals surface area (Å²) in [7, 11) is 0. The Kier molecular flexibility index (Phi) is 6.20. The van der Waals surface area contributed by atoms with Crippen molar-refractivity contribution in [2.75, 3.05) is 19.8 Å². The zero-order valence-corrected chi connectivity index (χ0v) is 19.3. The number of likely N-dealkylation sites (tertiary alicyclic amines) is 1. The van der Waals surface area contributed by atoms with Gasteiger partial charge in [0, 0.05) is 12.6 Å². The number of carbonyl (C=O) groups excluding carboxylic acids is 3. The zero-order chi connectivity index (χ0) is 23.2. The number of esters is 1. The Labute approximate surface area is 189 Å². The Bertz CT molecular complexity index is 836. The molecule has 4 aliphatic heterocycles. The lowest BCUT2D eigenvalue weighted by Crippen LogP contribution is -2.59. The molecule has 1 unspecified atom stereocenters. The molecule has 2 fully saturated rings. The van der Waals surface area contributed by atoms with Crippen molar-refractivity contribution >= 4 is 17.8 Å². The predicted molar refractivity (Wildman–Crippen MR) is 116 cm³/mol. The minimum Gasteiger partial charge on any atom is -0.465 e. The molecule has 4 aliphatic rings. The van der Waals surface area contributed by atoms with Crippen LogP contribution in [-0.4, -0.2) is 82.3 Å². The van der Waals surface area contributed by atoms with Crippen molar-refractivity contribution in [3.8, 4) is 0 Å². The Morgan fingerprint density at radius 1 is 1.16 bits per heavy atom. The molecule has 8 heteroatoms. The minimum atomic E-state index is -1.28. The molecule has 6 atom stereocenters. The van der Waals surface area contributed by atoms with Gasteiger partial charge in [0.25, 0.3) is 0 Å². The van der Waals surface area contributed by atoms with E-state index in [0.717, 1.165) is 6.42 Å². The Hall–Kier alpha value is -2.19. The van der Waals surface area contributed by atoms with Gasteiger partial charge in [0.1, 0.15) is 17.6 Å². The molecule has 1 N–H and O–H groups in total. The highest BCUT2D eigenvalue weighted by Gasteiger charge is 2.72. The fraction of sp³-hybridized carbons (Fsp3) is 0.708. The van der Waals surface area contributed by atoms with E-state index in [2.05, 4.69) is 0 Å². The van der Waals surface area contributed by atoms with Crippen molar-refractivity contribution in [3.05, 3.63) is 24.3 Å². The van der Waals surface area contributed by atoms with E-state index < -0.39 is 41.6 Å². The predicted octanol–water partition coefficient (Wildman–Crippen LogP) is 1.28. The Balaban J connectivity index is 1.88. The molecule has 0 saturated carbocycles. The summed E-state index contributed by atoms with van der Waals surface area (Å²) in [6, 6.07) is -1.59. The van der Waals surface area contributed by atoms with E-state index in [1.807, 2.05) is 52.0 Å². The topological polar surface area (TPSA) is 96.4 Å². The molecular formula is C24H34N2O6. The SMILES string of the molecule is CC(C)[C@H](CO)N1C(=O)[C@@H]2[C@@H]3C(=O)OCCC/C=C\[C@@H]3O[C@@]23C=CCN(C(C)C)C(=O)C13. The molecule has 0 bridgehead atoms. The van der Waals surface area contributed by atoms with Gasteiger partial charge >= 0.3 is 5.97 Å². The molecule has 4 heterocycles. The van der Waals surface area contributed by atoms with Gasteiger partial charge in [-0.25, -0.2) is 0 Å². The van der Waals surface area contributed by atoms with Crippen LogP contribution in [0.1, 0.15) is 40.5 Å². The first kappa shape index (κ1) is 23.0. The second-order valence-electron chi connectivity index (χ2n) is 9.81. The highest BCUT2D eigenvalue weighted by atomic mass is 16.6. The highest BCUT2D eigenvalue weighted by Crippen LogP contribution is 2.54. The largest absolute Gasteiger partial charge is 0.465 e. The average molecular weight is 447 g/mol. The van der Waals surface area contributed by atoms with Crippen LogP contribution in [0.25, 0.3) is 0 Å². The van der Waals surface area contributed by atoms with Crippen LogP contribution in [0.15, 0.2) is 24.3 Å². The van der Waals surface area contributed by atoms with Gasteiger partial charge in [0.2, 0.25) is 11.8 Å². The maximum atomic E-state index is 14.0. The van der Waals surface area contributed by atoms with Crippen LogP contribution in [-0.2, 0) is 23.9 Å². The average Bonchev–Trinajstić information content (AvgIpc) is 3.13. The van der Waals surface area contributed by atoms with Crippen molar-refractivity contribution in [1.29, 1.82) is 0 Å². The first-order valence-corrected chi connectivity index (χ1v) is 11.7. The van der Waals surface area contributed by atoms with E-state index >= 15 is 0 Å². The molecule has 32 heavy (non-hydrogen) atoms. The zero-order valence-electron chi connectivity index (χ0n) is 19.3. The quantitative estimate of drug-likeness (QED) is 0.516. The number of fused-ring (bicyclic) bond motifs is 2. The van der Waals surface area contributed by atoms with Crippen molar-refractivity contribution in [1.82, 2.24) is 9.80 Å². The van der Waals surface area contributed by atoms with Crippen LogP contribution in [0.3, 0.4) is 0 Å². The standard InChI is InChI=1S/C24H34N2O6/c1-14(2)16(13-27)26-20-22(29)25(15(3)4)11-8-10-24(20)19(21(26)28)18-17(32-24)9-6-5-7-12-31-23(18)30/h6,8-10,14-20,27H,5,7,11-13H2,1-4H3/b9-6-/t16-,17-,18+,19-,20?,24-/m0/s1. The van der Waals surface area contributed by atoms with E-state index in [-0.39, 0.29) is 37.0 Å². The first-order chi connectivity index (χ1) is 15.2. The molecule has 2 saturated heterocycles. The van der Waals surface area contributed by atoms with Crippen LogP contribution >= 0.6 is 0 Å². The summed E-state index contributed by atoms with van der Waals surface area (Å²) >= 11 is 0. The van der Waals surface area contributed by atoms with Gasteiger partial charge in [-0.05, 0) is 32.6 Å². The number of aliphatic hydroxyl groups is 1. The molecule has 176 valence electrons. The monoisotopic (exact) mass is 446 g/mol. The van der Waals surface area contributed by atoms with Crippen LogP contribution in [0.5, 0.6) is 0 Å². The van der Waals surface area contributed by atoms with Gasteiger partial charge in [-0.2, -0.15) is 0 Å². The number of carbonyl (C=O) groups is 3. The van der Waals surface area contributed by atoms with Gasteiger partial charge in [-0.3, -0.25) is 14.4 Å². The lowest BCUT2D eigenvalue weighted by atomic mass is 9.78. The van der Waals surface area contributed by atoms with E-state index in [9.17, 15) is 19.5 Å². The van der Waals surface area contributed by atoms with Gasteiger partial charge in [-0.15, -0.1) is 0 Å². The molecule has 2 amide bonds. The highest BCUT2D eigenvalue weighted by molar-refractivity contribution is 5.99. The summed E-state index contributed by atoms with van der Waals surface area (Å²) in [4.78, 5) is 44.2. The molecular weight excluding hydrogens is 412 g/mol. The lowest BCUT2D eigenvalue weighted by molar-refractivity contribution is -0.157. The summed E-state index contributed by atoms with van der Waals surface area (Å²) in [5.41, 5.74) is -1.28. The number of rotatable bonds is 4. The fourth-order valence-corrected chi connectivity index (χ4v) is 5.65. The fourth-order valence-electron chi connectivity index (χ4n) is 5.65. The van der Waals surface area contributed by atoms with Crippen molar-refractivity contribution in [2.45, 2.75) is 70.4 Å². The molecule has 4 rings (SSSR count). The second kappa shape index (κ2) is 8.63. The number of hydrogen-bond donors (Lipinski definition) is 1. The van der Waals surface area contributed by atoms with E-state index in [4.69, 9.17) is 9.47 Å². The number of hydrogen-bond acceptors (Lipinski definition) is 6. The molecule has 0 aromatic rings. The van der Waals surface area contributed by atoms with Crippen LogP contribution < -0.4 is 0 Å². The van der Waals surface area contributed by atoms with Gasteiger partial charge in [-0.1, -0.05) is 38.2 Å². The first-order valence-electron chi connectivity index (χ1n) is 11.7. The normalized spacial score (nSPS) is 36.8. The van der Waals surface area contributed by atoms with Crippen LogP contribution in [0, 0.1) is 17.8 Å². The number of aliphatic hydroxyl groups excluding tert-OH is 1. The van der Waals surface area contributed by atoms with Crippen molar-refractivity contribution < 1.29 is 29.0 Å². The minimum absolute atomic E-state index is 0.0756. The van der Waals surface area contributed by atoms with Crippen LogP contribution in [0.4, 0.5) is 0 Å². The summed E-state index contributed by atoms with van der Waals surface area (Å²) in [5.74, 6) is -2.82. The van der Waals surface area contributed by atoms with Crippen molar-refractivity contribution in [3.63, 3.8) is 0 Å². The second-order valence-corrected chi connectivity index (χ2v) is 9.81. The molecule has 0 aliphatic carbocycles. The number of cyclic esters (lactones) is 1. The number of ether oxygens (including phenoxy) is 2. The molecule has 0 aromatic carbocycles. The maximum absolute atomic E-state index is 14.0. The van der Waals surface area contributed by atoms with Crippen molar-refractivity contribution in [2.24, 2.45) is 17.8 Å². The lowest BCUT2D eigenvalue weighted by Gasteiger charge is -2.40. The van der Waals surface area contributed by atoms with Gasteiger partial charge in [0.15, 0.2) is 0 Å². The number of nitrogens with zero attached hydrogens (tertiary/aromatic N) is 2. The number of amides is 2. The molecule has 0 aromatic heterocycles. The Morgan fingerprint density at radius 3 is 2.56 bits per heavy atom. The van der Waals surface area contributed by atoms with E-state index in [1.54, 1.807) is 4.90 Å². The molecule has 8 nitrogen and oxygen atoms in total. The van der Waals surface area contributed by atoms with E-state index in [0.29, 0.717) is 13.0 Å². The summed E-state index contributed by atoms with van der Waals surface area (Å²) in [6.45, 7) is 8.09. The molecule has 1 spiro atoms. The number of allylic oxidation sites excluding steroid dienone is 1. The Morgan fingerprint density at radius 2 is 1.91 bits per heavy atom. The third kappa shape index (κ3) is 3.39. The van der Waals surface area contributed by atoms with Gasteiger partial charge < -0.3 is 24.4 Å². The third-order valence-electron chi connectivity index (χ3n) is 7.26.